The van der Waals surface area contributed by atoms with Crippen molar-refractivity contribution in [3.8, 4) is 5.75 Å². The number of rotatable bonds is 4. The normalized spacial score (nSPS) is 12.0. The quantitative estimate of drug-likeness (QED) is 0.759. The monoisotopic (exact) mass is 293 g/mol. The zero-order valence-electron chi connectivity index (χ0n) is 10.9. The van der Waals surface area contributed by atoms with Gasteiger partial charge in [-0.15, -0.1) is 0 Å². The maximum absolute atomic E-state index is 13.0. The van der Waals surface area contributed by atoms with E-state index in [9.17, 15) is 23.8 Å². The van der Waals surface area contributed by atoms with Crippen molar-refractivity contribution < 1.29 is 23.8 Å². The first-order valence-corrected chi connectivity index (χ1v) is 6.17. The van der Waals surface area contributed by atoms with E-state index in [0.29, 0.717) is 0 Å². The lowest BCUT2D eigenvalue weighted by atomic mass is 10.1. The van der Waals surface area contributed by atoms with Gasteiger partial charge in [0.2, 0.25) is 5.91 Å². The van der Waals surface area contributed by atoms with Crippen LogP contribution in [-0.4, -0.2) is 16.1 Å². The predicted octanol–water partition coefficient (Wildman–Crippen LogP) is 2.73. The number of halogens is 2. The van der Waals surface area contributed by atoms with E-state index in [4.69, 9.17) is 0 Å². The Bertz CT molecular complexity index is 661. The summed E-state index contributed by atoms with van der Waals surface area (Å²) in [5.74, 6) is -2.05. The number of hydrogen-bond acceptors (Lipinski definition) is 3. The van der Waals surface area contributed by atoms with E-state index in [2.05, 4.69) is 5.32 Å². The summed E-state index contributed by atoms with van der Waals surface area (Å²) in [6.45, 7) is 0. The van der Waals surface area contributed by atoms with Gasteiger partial charge in [-0.25, -0.2) is 8.78 Å². The zero-order valence-corrected chi connectivity index (χ0v) is 10.9. The Morgan fingerprint density at radius 2 is 1.86 bits per heavy atom. The van der Waals surface area contributed by atoms with Gasteiger partial charge in [-0.05, 0) is 29.8 Å². The van der Waals surface area contributed by atoms with Gasteiger partial charge in [0.15, 0.2) is 0 Å². The molecule has 2 aromatic carbocycles. The van der Waals surface area contributed by atoms with Crippen molar-refractivity contribution in [2.45, 2.75) is 12.5 Å². The third-order valence-corrected chi connectivity index (χ3v) is 2.84. The van der Waals surface area contributed by atoms with E-state index >= 15 is 0 Å². The molecule has 0 radical (unpaired) electrons. The highest BCUT2D eigenvalue weighted by Crippen LogP contribution is 2.25. The third-order valence-electron chi connectivity index (χ3n) is 2.84. The highest BCUT2D eigenvalue weighted by Gasteiger charge is 2.15. The minimum Gasteiger partial charge on any atom is -0.506 e. The number of aromatic hydroxyl groups is 1. The van der Waals surface area contributed by atoms with Crippen molar-refractivity contribution in [1.29, 1.82) is 0 Å². The zero-order chi connectivity index (χ0) is 15.4. The average molecular weight is 293 g/mol. The molecule has 21 heavy (non-hydrogen) atoms. The molecule has 3 N–H and O–H groups in total. The van der Waals surface area contributed by atoms with Gasteiger partial charge in [0, 0.05) is 6.07 Å². The Kier molecular flexibility index (Phi) is 4.49. The van der Waals surface area contributed by atoms with Crippen molar-refractivity contribution in [2.24, 2.45) is 0 Å². The summed E-state index contributed by atoms with van der Waals surface area (Å²) in [5.41, 5.74) is 0.167. The molecule has 0 saturated carbocycles. The van der Waals surface area contributed by atoms with E-state index in [1.807, 2.05) is 0 Å². The molecule has 1 atom stereocenters. The molecule has 0 heterocycles. The lowest BCUT2D eigenvalue weighted by molar-refractivity contribution is -0.118. The second-order valence-electron chi connectivity index (χ2n) is 4.48. The number of carbonyl (C=O) groups excluding carboxylic acids is 1. The molecule has 0 aliphatic rings. The summed E-state index contributed by atoms with van der Waals surface area (Å²) in [6.07, 6.45) is -1.55. The SMILES string of the molecule is O=C(CC(O)c1cccc(F)c1)Nc1cc(F)ccc1O. The van der Waals surface area contributed by atoms with Crippen molar-refractivity contribution in [1.82, 2.24) is 0 Å². The van der Waals surface area contributed by atoms with Crippen molar-refractivity contribution in [2.75, 3.05) is 5.32 Å². The van der Waals surface area contributed by atoms with Crippen LogP contribution in [0.1, 0.15) is 18.1 Å². The number of aliphatic hydroxyl groups excluding tert-OH is 1. The van der Waals surface area contributed by atoms with Crippen LogP contribution in [0.3, 0.4) is 0 Å². The number of anilines is 1. The number of benzene rings is 2. The van der Waals surface area contributed by atoms with Crippen molar-refractivity contribution in [3.05, 3.63) is 59.7 Å². The number of hydrogen-bond donors (Lipinski definition) is 3. The molecule has 1 amide bonds. The number of phenolic OH excluding ortho intramolecular Hbond substituents is 1. The summed E-state index contributed by atoms with van der Waals surface area (Å²) < 4.78 is 26.0. The minimum absolute atomic E-state index is 0.0913. The molecule has 0 aliphatic heterocycles. The molecule has 0 bridgehead atoms. The summed E-state index contributed by atoms with van der Waals surface area (Å²) in [4.78, 5) is 11.7. The molecule has 0 saturated heterocycles. The first-order chi connectivity index (χ1) is 9.95. The van der Waals surface area contributed by atoms with Gasteiger partial charge in [-0.2, -0.15) is 0 Å². The summed E-state index contributed by atoms with van der Waals surface area (Å²) >= 11 is 0. The van der Waals surface area contributed by atoms with Crippen molar-refractivity contribution in [3.63, 3.8) is 0 Å². The second-order valence-corrected chi connectivity index (χ2v) is 4.48. The number of amides is 1. The average Bonchev–Trinajstić information content (AvgIpc) is 2.42. The van der Waals surface area contributed by atoms with E-state index < -0.39 is 23.6 Å². The molecule has 0 aliphatic carbocycles. The van der Waals surface area contributed by atoms with Crippen LogP contribution in [-0.2, 0) is 4.79 Å². The topological polar surface area (TPSA) is 69.6 Å². The maximum atomic E-state index is 13.0. The van der Waals surface area contributed by atoms with Gasteiger partial charge in [-0.3, -0.25) is 4.79 Å². The Hall–Kier alpha value is -2.47. The van der Waals surface area contributed by atoms with Crippen LogP contribution in [0.5, 0.6) is 5.75 Å². The second kappa shape index (κ2) is 6.32. The standard InChI is InChI=1S/C15H13F2NO3/c16-10-3-1-2-9(6-10)14(20)8-15(21)18-12-7-11(17)4-5-13(12)19/h1-7,14,19-20H,8H2,(H,18,21). The van der Waals surface area contributed by atoms with Crippen LogP contribution in [0.25, 0.3) is 0 Å². The highest BCUT2D eigenvalue weighted by atomic mass is 19.1. The molecule has 0 spiro atoms. The summed E-state index contributed by atoms with van der Waals surface area (Å²) in [5, 5.41) is 21.6. The number of phenols is 1. The highest BCUT2D eigenvalue weighted by molar-refractivity contribution is 5.92. The smallest absolute Gasteiger partial charge is 0.227 e. The number of carbonyl (C=O) groups is 1. The lowest BCUT2D eigenvalue weighted by Crippen LogP contribution is -2.15. The molecular weight excluding hydrogens is 280 g/mol. The molecule has 4 nitrogen and oxygen atoms in total. The fraction of sp³-hybridized carbons (Fsp3) is 0.133. The van der Waals surface area contributed by atoms with Gasteiger partial charge in [0.05, 0.1) is 18.2 Å². The van der Waals surface area contributed by atoms with E-state index in [0.717, 1.165) is 24.3 Å². The van der Waals surface area contributed by atoms with E-state index in [1.54, 1.807) is 0 Å². The maximum Gasteiger partial charge on any atom is 0.227 e. The van der Waals surface area contributed by atoms with Gasteiger partial charge in [-0.1, -0.05) is 12.1 Å². The van der Waals surface area contributed by atoms with Gasteiger partial charge in [0.1, 0.15) is 17.4 Å². The van der Waals surface area contributed by atoms with E-state index in [1.165, 1.54) is 18.2 Å². The molecule has 6 heteroatoms. The Labute approximate surface area is 119 Å². The first kappa shape index (κ1) is 14.9. The third kappa shape index (κ3) is 4.00. The van der Waals surface area contributed by atoms with Gasteiger partial charge >= 0.3 is 0 Å². The molecule has 2 aromatic rings. The van der Waals surface area contributed by atoms with Crippen LogP contribution < -0.4 is 5.32 Å². The molecule has 0 fully saturated rings. The minimum atomic E-state index is -1.20. The van der Waals surface area contributed by atoms with E-state index in [-0.39, 0.29) is 23.4 Å². The van der Waals surface area contributed by atoms with Crippen LogP contribution in [0.15, 0.2) is 42.5 Å². The van der Waals surface area contributed by atoms with Crippen LogP contribution in [0, 0.1) is 11.6 Å². The Morgan fingerprint density at radius 3 is 2.57 bits per heavy atom. The largest absolute Gasteiger partial charge is 0.506 e. The van der Waals surface area contributed by atoms with Crippen LogP contribution >= 0.6 is 0 Å². The predicted molar refractivity (Wildman–Crippen MR) is 72.7 cm³/mol. The van der Waals surface area contributed by atoms with Crippen LogP contribution in [0.2, 0.25) is 0 Å². The summed E-state index contributed by atoms with van der Waals surface area (Å²) in [6, 6.07) is 8.37. The van der Waals surface area contributed by atoms with Crippen LogP contribution in [0.4, 0.5) is 14.5 Å². The molecule has 0 aromatic heterocycles. The Morgan fingerprint density at radius 1 is 1.14 bits per heavy atom. The number of nitrogens with one attached hydrogen (secondary N) is 1. The Balaban J connectivity index is 2.03. The fourth-order valence-electron chi connectivity index (χ4n) is 1.82. The van der Waals surface area contributed by atoms with Gasteiger partial charge in [0.25, 0.3) is 0 Å². The molecular formula is C15H13F2NO3. The molecule has 110 valence electrons. The fourth-order valence-corrected chi connectivity index (χ4v) is 1.82. The number of aliphatic hydroxyl groups is 1. The molecule has 2 rings (SSSR count). The summed E-state index contributed by atoms with van der Waals surface area (Å²) in [7, 11) is 0. The van der Waals surface area contributed by atoms with Gasteiger partial charge < -0.3 is 15.5 Å². The lowest BCUT2D eigenvalue weighted by Gasteiger charge is -2.12. The van der Waals surface area contributed by atoms with Crippen molar-refractivity contribution >= 4 is 11.6 Å². The first-order valence-electron chi connectivity index (χ1n) is 6.17. The molecule has 1 unspecified atom stereocenters.